The monoisotopic (exact) mass is 369 g/mol. The van der Waals surface area contributed by atoms with Crippen LogP contribution >= 0.6 is 12.4 Å². The van der Waals surface area contributed by atoms with E-state index in [-0.39, 0.29) is 30.9 Å². The van der Waals surface area contributed by atoms with Crippen LogP contribution in [-0.2, 0) is 17.8 Å². The van der Waals surface area contributed by atoms with Crippen LogP contribution in [0.3, 0.4) is 0 Å². The molecule has 0 aromatic carbocycles. The number of hydrogen-bond donors (Lipinski definition) is 1. The quantitative estimate of drug-likeness (QED) is 0.879. The van der Waals surface area contributed by atoms with E-state index in [0.29, 0.717) is 12.3 Å². The van der Waals surface area contributed by atoms with Gasteiger partial charge in [0.25, 0.3) is 0 Å². The zero-order valence-corrected chi connectivity index (χ0v) is 13.6. The van der Waals surface area contributed by atoms with Crippen LogP contribution in [0.4, 0.5) is 13.2 Å². The van der Waals surface area contributed by atoms with Gasteiger partial charge in [-0.25, -0.2) is 0 Å². The predicted molar refractivity (Wildman–Crippen MR) is 78.6 cm³/mol. The topological polar surface area (TPSA) is 79.5 Å². The first kappa shape index (κ1) is 19.0. The standard InChI is InChI=1S/C14H18F3N3O3.ClH/c15-14(16,17)6-11-18-12(23-19-11)7-20-9-4-2-1-3-8(9)5-10(20)13(21)22;/h8-10H,1-7H2,(H,21,22);1H. The average molecular weight is 370 g/mol. The zero-order chi connectivity index (χ0) is 16.6. The summed E-state index contributed by atoms with van der Waals surface area (Å²) in [6, 6.07) is -0.510. The van der Waals surface area contributed by atoms with Crippen molar-refractivity contribution in [2.24, 2.45) is 5.92 Å². The molecule has 1 N–H and O–H groups in total. The lowest BCUT2D eigenvalue weighted by Crippen LogP contribution is -2.41. The molecule has 1 saturated heterocycles. The molecule has 0 radical (unpaired) electrons. The molecule has 1 saturated carbocycles. The minimum atomic E-state index is -4.40. The Balaban J connectivity index is 0.00000208. The number of hydrogen-bond acceptors (Lipinski definition) is 5. The van der Waals surface area contributed by atoms with Crippen molar-refractivity contribution in [3.8, 4) is 0 Å². The Kier molecular flexibility index (Phi) is 5.74. The number of likely N-dealkylation sites (tertiary alicyclic amines) is 1. The lowest BCUT2D eigenvalue weighted by atomic mass is 9.85. The number of aliphatic carboxylic acids is 1. The fourth-order valence-electron chi connectivity index (χ4n) is 3.78. The Morgan fingerprint density at radius 1 is 1.33 bits per heavy atom. The molecule has 6 nitrogen and oxygen atoms in total. The number of rotatable bonds is 4. The Hall–Kier alpha value is -1.35. The fraction of sp³-hybridized carbons (Fsp3) is 0.786. The van der Waals surface area contributed by atoms with Crippen molar-refractivity contribution in [3.05, 3.63) is 11.7 Å². The third-order valence-electron chi connectivity index (χ3n) is 4.69. The van der Waals surface area contributed by atoms with Crippen molar-refractivity contribution in [1.29, 1.82) is 0 Å². The second-order valence-electron chi connectivity index (χ2n) is 6.27. The van der Waals surface area contributed by atoms with Gasteiger partial charge in [0.1, 0.15) is 12.5 Å². The fourth-order valence-corrected chi connectivity index (χ4v) is 3.78. The summed E-state index contributed by atoms with van der Waals surface area (Å²) >= 11 is 0. The molecular formula is C14H19ClF3N3O3. The molecule has 0 spiro atoms. The highest BCUT2D eigenvalue weighted by Gasteiger charge is 2.45. The second-order valence-corrected chi connectivity index (χ2v) is 6.27. The van der Waals surface area contributed by atoms with Gasteiger partial charge in [-0.3, -0.25) is 9.69 Å². The Labute approximate surface area is 142 Å². The van der Waals surface area contributed by atoms with Crippen molar-refractivity contribution in [3.63, 3.8) is 0 Å². The highest BCUT2D eigenvalue weighted by atomic mass is 35.5. The van der Waals surface area contributed by atoms with Crippen LogP contribution in [0.1, 0.15) is 43.8 Å². The molecule has 1 aliphatic carbocycles. The van der Waals surface area contributed by atoms with Gasteiger partial charge in [0, 0.05) is 6.04 Å². The van der Waals surface area contributed by atoms with Crippen LogP contribution in [0.15, 0.2) is 4.52 Å². The van der Waals surface area contributed by atoms with E-state index in [4.69, 9.17) is 4.52 Å². The van der Waals surface area contributed by atoms with Crippen molar-refractivity contribution >= 4 is 18.4 Å². The van der Waals surface area contributed by atoms with Gasteiger partial charge in [-0.05, 0) is 25.2 Å². The van der Waals surface area contributed by atoms with Crippen molar-refractivity contribution in [2.75, 3.05) is 0 Å². The Bertz CT molecular complexity index is 581. The van der Waals surface area contributed by atoms with E-state index in [0.717, 1.165) is 25.7 Å². The minimum Gasteiger partial charge on any atom is -0.480 e. The molecule has 2 heterocycles. The van der Waals surface area contributed by atoms with Crippen LogP contribution in [-0.4, -0.2) is 44.4 Å². The summed E-state index contributed by atoms with van der Waals surface area (Å²) < 4.78 is 41.9. The summed E-state index contributed by atoms with van der Waals surface area (Å²) in [4.78, 5) is 17.0. The van der Waals surface area contributed by atoms with Crippen LogP contribution in [0.5, 0.6) is 0 Å². The second kappa shape index (κ2) is 7.26. The maximum atomic E-state index is 12.3. The Morgan fingerprint density at radius 2 is 2.04 bits per heavy atom. The van der Waals surface area contributed by atoms with Crippen LogP contribution < -0.4 is 0 Å². The molecule has 1 aromatic rings. The number of nitrogens with zero attached hydrogens (tertiary/aromatic N) is 3. The molecule has 3 rings (SSSR count). The highest BCUT2D eigenvalue weighted by Crippen LogP contribution is 2.40. The number of halogens is 4. The van der Waals surface area contributed by atoms with Gasteiger partial charge < -0.3 is 9.63 Å². The molecule has 0 bridgehead atoms. The maximum Gasteiger partial charge on any atom is 0.396 e. The van der Waals surface area contributed by atoms with Gasteiger partial charge in [0.2, 0.25) is 5.89 Å². The molecule has 1 aliphatic heterocycles. The number of carbonyl (C=O) groups is 1. The molecule has 10 heteroatoms. The molecule has 2 aliphatic rings. The van der Waals surface area contributed by atoms with Crippen molar-refractivity contribution in [2.45, 2.75) is 63.3 Å². The summed E-state index contributed by atoms with van der Waals surface area (Å²) in [6.07, 6.45) is -1.04. The van der Waals surface area contributed by atoms with E-state index in [1.165, 1.54) is 0 Å². The van der Waals surface area contributed by atoms with Gasteiger partial charge in [0.15, 0.2) is 5.82 Å². The summed E-state index contributed by atoms with van der Waals surface area (Å²) in [6.45, 7) is 0.0863. The third kappa shape index (κ3) is 4.18. The summed E-state index contributed by atoms with van der Waals surface area (Å²) in [5.41, 5.74) is 0. The number of alkyl halides is 3. The smallest absolute Gasteiger partial charge is 0.396 e. The van der Waals surface area contributed by atoms with E-state index < -0.39 is 30.4 Å². The highest BCUT2D eigenvalue weighted by molar-refractivity contribution is 5.85. The number of carboxylic acids is 1. The molecule has 0 amide bonds. The van der Waals surface area contributed by atoms with Gasteiger partial charge in [-0.2, -0.15) is 18.2 Å². The molecule has 3 atom stereocenters. The molecule has 3 unspecified atom stereocenters. The van der Waals surface area contributed by atoms with Gasteiger partial charge in [-0.1, -0.05) is 18.0 Å². The van der Waals surface area contributed by atoms with Gasteiger partial charge >= 0.3 is 12.1 Å². The minimum absolute atomic E-state index is 0. The van der Waals surface area contributed by atoms with E-state index in [2.05, 4.69) is 10.1 Å². The van der Waals surface area contributed by atoms with Gasteiger partial charge in [0.05, 0.1) is 6.54 Å². The zero-order valence-electron chi connectivity index (χ0n) is 12.8. The number of fused-ring (bicyclic) bond motifs is 1. The summed E-state index contributed by atoms with van der Waals surface area (Å²) in [5, 5.41) is 12.7. The molecule has 1 aromatic heterocycles. The SMILES string of the molecule is Cl.O=C(O)C1CC2CCCCC2N1Cc1nc(CC(F)(F)F)no1. The normalized spacial score (nSPS) is 27.5. The van der Waals surface area contributed by atoms with E-state index in [1.54, 1.807) is 4.90 Å². The third-order valence-corrected chi connectivity index (χ3v) is 4.69. The first-order valence-corrected chi connectivity index (χ1v) is 7.70. The van der Waals surface area contributed by atoms with Crippen LogP contribution in [0.25, 0.3) is 0 Å². The lowest BCUT2D eigenvalue weighted by Gasteiger charge is -2.31. The first-order chi connectivity index (χ1) is 10.8. The summed E-state index contributed by atoms with van der Waals surface area (Å²) in [7, 11) is 0. The number of aromatic nitrogens is 2. The summed E-state index contributed by atoms with van der Waals surface area (Å²) in [5.74, 6) is -0.961. The van der Waals surface area contributed by atoms with E-state index in [9.17, 15) is 23.1 Å². The van der Waals surface area contributed by atoms with Crippen LogP contribution in [0, 0.1) is 5.92 Å². The van der Waals surface area contributed by atoms with Gasteiger partial charge in [-0.15, -0.1) is 12.4 Å². The molecule has 2 fully saturated rings. The van der Waals surface area contributed by atoms with Crippen molar-refractivity contribution in [1.82, 2.24) is 15.0 Å². The Morgan fingerprint density at radius 3 is 2.71 bits per heavy atom. The van der Waals surface area contributed by atoms with E-state index >= 15 is 0 Å². The molecule has 24 heavy (non-hydrogen) atoms. The van der Waals surface area contributed by atoms with Crippen LogP contribution in [0.2, 0.25) is 0 Å². The lowest BCUT2D eigenvalue weighted by molar-refractivity contribution is -0.143. The average Bonchev–Trinajstić information content (AvgIpc) is 3.03. The predicted octanol–water partition coefficient (Wildman–Crippen LogP) is 2.81. The van der Waals surface area contributed by atoms with Crippen molar-refractivity contribution < 1.29 is 27.6 Å². The largest absolute Gasteiger partial charge is 0.480 e. The molecular weight excluding hydrogens is 351 g/mol. The van der Waals surface area contributed by atoms with E-state index in [1.807, 2.05) is 0 Å². The molecule has 136 valence electrons. The number of carboxylic acid groups (broad SMARTS) is 1. The maximum absolute atomic E-state index is 12.3. The first-order valence-electron chi connectivity index (χ1n) is 7.70.